The van der Waals surface area contributed by atoms with Crippen LogP contribution in [0.25, 0.3) is 0 Å². The van der Waals surface area contributed by atoms with E-state index < -0.39 is 0 Å². The smallest absolute Gasteiger partial charge is 0.0577 e. The first-order valence-corrected chi connectivity index (χ1v) is 6.51. The van der Waals surface area contributed by atoms with Gasteiger partial charge in [-0.15, -0.1) is 0 Å². The van der Waals surface area contributed by atoms with Gasteiger partial charge in [0.15, 0.2) is 0 Å². The van der Waals surface area contributed by atoms with Crippen molar-refractivity contribution in [3.8, 4) is 0 Å². The van der Waals surface area contributed by atoms with Gasteiger partial charge in [-0.25, -0.2) is 0 Å². The second kappa shape index (κ2) is 6.17. The van der Waals surface area contributed by atoms with Crippen LogP contribution in [0, 0.1) is 0 Å². The maximum atomic E-state index is 9.89. The predicted octanol–water partition coefficient (Wildman–Crippen LogP) is 1.67. The molecular weight excluding hydrogens is 216 g/mol. The number of rotatable bonds is 6. The van der Waals surface area contributed by atoms with E-state index in [1.807, 2.05) is 19.4 Å². The number of ether oxygens (including phenoxy) is 1. The van der Waals surface area contributed by atoms with Crippen molar-refractivity contribution in [1.82, 2.24) is 9.78 Å². The summed E-state index contributed by atoms with van der Waals surface area (Å²) in [5.74, 6) is 0. The standard InChI is InChI=1S/C13H22N2O2/c1-15-10-11(9-14-15)4-5-12(16)6-7-13-3-2-8-17-13/h9-10,12-13,16H,2-8H2,1H3. The molecule has 2 unspecified atom stereocenters. The largest absolute Gasteiger partial charge is 0.393 e. The van der Waals surface area contributed by atoms with Gasteiger partial charge >= 0.3 is 0 Å². The molecule has 1 aliphatic rings. The zero-order chi connectivity index (χ0) is 12.1. The van der Waals surface area contributed by atoms with Crippen molar-refractivity contribution in [2.45, 2.75) is 50.7 Å². The van der Waals surface area contributed by atoms with E-state index in [1.165, 1.54) is 12.0 Å². The Hall–Kier alpha value is -0.870. The number of nitrogens with zero attached hydrogens (tertiary/aromatic N) is 2. The summed E-state index contributed by atoms with van der Waals surface area (Å²) in [5, 5.41) is 14.0. The number of hydrogen-bond donors (Lipinski definition) is 1. The van der Waals surface area contributed by atoms with Gasteiger partial charge in [0, 0.05) is 19.9 Å². The van der Waals surface area contributed by atoms with Gasteiger partial charge in [-0.1, -0.05) is 0 Å². The minimum absolute atomic E-state index is 0.209. The lowest BCUT2D eigenvalue weighted by Gasteiger charge is -2.13. The molecular formula is C13H22N2O2. The monoisotopic (exact) mass is 238 g/mol. The summed E-state index contributed by atoms with van der Waals surface area (Å²) in [5.41, 5.74) is 1.20. The summed E-state index contributed by atoms with van der Waals surface area (Å²) in [4.78, 5) is 0. The predicted molar refractivity (Wildman–Crippen MR) is 65.7 cm³/mol. The topological polar surface area (TPSA) is 47.3 Å². The fraction of sp³-hybridized carbons (Fsp3) is 0.769. The lowest BCUT2D eigenvalue weighted by Crippen LogP contribution is -2.13. The molecule has 0 radical (unpaired) electrons. The number of aryl methyl sites for hydroxylation is 2. The third kappa shape index (κ3) is 4.13. The van der Waals surface area contributed by atoms with Crippen LogP contribution in [0.3, 0.4) is 0 Å². The molecule has 17 heavy (non-hydrogen) atoms. The van der Waals surface area contributed by atoms with Crippen LogP contribution in [0.4, 0.5) is 0 Å². The van der Waals surface area contributed by atoms with E-state index in [9.17, 15) is 5.11 Å². The first-order valence-electron chi connectivity index (χ1n) is 6.51. The van der Waals surface area contributed by atoms with Gasteiger partial charge in [0.05, 0.1) is 18.4 Å². The van der Waals surface area contributed by atoms with Crippen LogP contribution in [0.15, 0.2) is 12.4 Å². The average molecular weight is 238 g/mol. The Morgan fingerprint density at radius 1 is 1.59 bits per heavy atom. The first-order chi connectivity index (χ1) is 8.24. The molecule has 96 valence electrons. The molecule has 4 heteroatoms. The Labute approximate surface area is 103 Å². The molecule has 2 heterocycles. The van der Waals surface area contributed by atoms with Crippen LogP contribution in [0.5, 0.6) is 0 Å². The highest BCUT2D eigenvalue weighted by Crippen LogP contribution is 2.18. The van der Waals surface area contributed by atoms with Crippen molar-refractivity contribution in [3.05, 3.63) is 18.0 Å². The van der Waals surface area contributed by atoms with E-state index in [2.05, 4.69) is 5.10 Å². The molecule has 0 aromatic carbocycles. The van der Waals surface area contributed by atoms with Crippen molar-refractivity contribution in [2.75, 3.05) is 6.61 Å². The highest BCUT2D eigenvalue weighted by molar-refractivity contribution is 5.03. The van der Waals surface area contributed by atoms with Gasteiger partial charge in [-0.05, 0) is 44.1 Å². The lowest BCUT2D eigenvalue weighted by atomic mass is 10.0. The molecule has 0 amide bonds. The summed E-state index contributed by atoms with van der Waals surface area (Å²) < 4.78 is 7.34. The molecule has 1 fully saturated rings. The van der Waals surface area contributed by atoms with E-state index in [0.29, 0.717) is 6.10 Å². The van der Waals surface area contributed by atoms with Crippen LogP contribution in [0.2, 0.25) is 0 Å². The summed E-state index contributed by atoms with van der Waals surface area (Å²) in [6.45, 7) is 0.899. The van der Waals surface area contributed by atoms with Crippen LogP contribution in [-0.4, -0.2) is 33.7 Å². The van der Waals surface area contributed by atoms with E-state index >= 15 is 0 Å². The molecule has 0 bridgehead atoms. The van der Waals surface area contributed by atoms with E-state index in [4.69, 9.17) is 4.74 Å². The quantitative estimate of drug-likeness (QED) is 0.820. The maximum Gasteiger partial charge on any atom is 0.0577 e. The van der Waals surface area contributed by atoms with Crippen molar-refractivity contribution in [1.29, 1.82) is 0 Å². The molecule has 1 N–H and O–H groups in total. The van der Waals surface area contributed by atoms with Gasteiger partial charge in [0.25, 0.3) is 0 Å². The van der Waals surface area contributed by atoms with Crippen molar-refractivity contribution >= 4 is 0 Å². The molecule has 2 atom stereocenters. The van der Waals surface area contributed by atoms with E-state index in [-0.39, 0.29) is 6.10 Å². The molecule has 1 aromatic heterocycles. The van der Waals surface area contributed by atoms with Crippen LogP contribution < -0.4 is 0 Å². The van der Waals surface area contributed by atoms with Crippen molar-refractivity contribution < 1.29 is 9.84 Å². The Balaban J connectivity index is 1.61. The van der Waals surface area contributed by atoms with Crippen molar-refractivity contribution in [3.63, 3.8) is 0 Å². The van der Waals surface area contributed by atoms with Crippen LogP contribution in [0.1, 0.15) is 37.7 Å². The Morgan fingerprint density at radius 3 is 3.12 bits per heavy atom. The van der Waals surface area contributed by atoms with E-state index in [1.54, 1.807) is 4.68 Å². The zero-order valence-electron chi connectivity index (χ0n) is 10.5. The van der Waals surface area contributed by atoms with Crippen LogP contribution >= 0.6 is 0 Å². The second-order valence-electron chi connectivity index (χ2n) is 4.93. The van der Waals surface area contributed by atoms with Gasteiger partial charge in [0.1, 0.15) is 0 Å². The molecule has 4 nitrogen and oxygen atoms in total. The number of aromatic nitrogens is 2. The lowest BCUT2D eigenvalue weighted by molar-refractivity contribution is 0.0791. The Morgan fingerprint density at radius 2 is 2.47 bits per heavy atom. The summed E-state index contributed by atoms with van der Waals surface area (Å²) >= 11 is 0. The zero-order valence-corrected chi connectivity index (χ0v) is 10.5. The summed E-state index contributed by atoms with van der Waals surface area (Å²) in [7, 11) is 1.91. The maximum absolute atomic E-state index is 9.89. The summed E-state index contributed by atoms with van der Waals surface area (Å²) in [6, 6.07) is 0. The first kappa shape index (κ1) is 12.6. The van der Waals surface area contributed by atoms with Crippen LogP contribution in [-0.2, 0) is 18.2 Å². The number of aliphatic hydroxyl groups is 1. The molecule has 2 rings (SSSR count). The number of aliphatic hydroxyl groups excluding tert-OH is 1. The molecule has 0 aliphatic carbocycles. The second-order valence-corrected chi connectivity index (χ2v) is 4.93. The highest BCUT2D eigenvalue weighted by Gasteiger charge is 2.16. The Kier molecular flexibility index (Phi) is 4.57. The minimum atomic E-state index is -0.209. The number of hydrogen-bond acceptors (Lipinski definition) is 3. The van der Waals surface area contributed by atoms with Gasteiger partial charge in [0.2, 0.25) is 0 Å². The highest BCUT2D eigenvalue weighted by atomic mass is 16.5. The SMILES string of the molecule is Cn1cc(CCC(O)CCC2CCCO2)cn1. The van der Waals surface area contributed by atoms with Gasteiger partial charge < -0.3 is 9.84 Å². The third-order valence-corrected chi connectivity index (χ3v) is 3.37. The van der Waals surface area contributed by atoms with E-state index in [0.717, 1.165) is 38.7 Å². The molecule has 0 spiro atoms. The normalized spacial score (nSPS) is 21.9. The van der Waals surface area contributed by atoms with Crippen molar-refractivity contribution in [2.24, 2.45) is 7.05 Å². The molecule has 0 saturated carbocycles. The Bertz CT molecular complexity index is 332. The van der Waals surface area contributed by atoms with Gasteiger partial charge in [-0.2, -0.15) is 5.10 Å². The molecule has 1 saturated heterocycles. The fourth-order valence-corrected chi connectivity index (χ4v) is 2.33. The average Bonchev–Trinajstić information content (AvgIpc) is 2.95. The summed E-state index contributed by atoms with van der Waals surface area (Å²) in [6.07, 6.45) is 9.96. The molecule has 1 aliphatic heterocycles. The third-order valence-electron chi connectivity index (χ3n) is 3.37. The minimum Gasteiger partial charge on any atom is -0.393 e. The van der Waals surface area contributed by atoms with Gasteiger partial charge in [-0.3, -0.25) is 4.68 Å². The fourth-order valence-electron chi connectivity index (χ4n) is 2.33. The molecule has 1 aromatic rings.